The summed E-state index contributed by atoms with van der Waals surface area (Å²) in [6.45, 7) is 6.32. The van der Waals surface area contributed by atoms with E-state index >= 15 is 0 Å². The monoisotopic (exact) mass is 277 g/mol. The van der Waals surface area contributed by atoms with E-state index in [0.29, 0.717) is 0 Å². The molecular weight excluding hydrogens is 258 g/mol. The molecule has 0 spiro atoms. The summed E-state index contributed by atoms with van der Waals surface area (Å²) in [4.78, 5) is 4.17. The molecule has 0 aliphatic heterocycles. The second-order valence-corrected chi connectivity index (χ2v) is 6.89. The van der Waals surface area contributed by atoms with Crippen molar-refractivity contribution in [3.8, 4) is 0 Å². The minimum Gasteiger partial charge on any atom is -0.311 e. The Bertz CT molecular complexity index is 473. The van der Waals surface area contributed by atoms with E-state index in [-0.39, 0.29) is 0 Å². The van der Waals surface area contributed by atoms with Gasteiger partial charge in [-0.05, 0) is 38.1 Å². The van der Waals surface area contributed by atoms with Crippen LogP contribution in [0.25, 0.3) is 0 Å². The van der Waals surface area contributed by atoms with Crippen molar-refractivity contribution in [2.24, 2.45) is 0 Å². The fraction of sp³-hybridized carbons (Fsp3) is 0.333. The lowest BCUT2D eigenvalue weighted by Crippen LogP contribution is -2.15. The van der Waals surface area contributed by atoms with Gasteiger partial charge in [0.1, 0.15) is 0 Å². The van der Waals surface area contributed by atoms with E-state index in [1.807, 2.05) is 23.1 Å². The van der Waals surface area contributed by atoms with Crippen LogP contribution >= 0.6 is 23.1 Å². The lowest BCUT2D eigenvalue weighted by atomic mass is 10.2. The first-order valence-corrected chi connectivity index (χ1v) is 8.00. The van der Waals surface area contributed by atoms with Gasteiger partial charge in [0.2, 0.25) is 0 Å². The predicted octanol–water partition coefficient (Wildman–Crippen LogP) is 4.25. The first kappa shape index (κ1) is 13.7. The standard InChI is InChI=1S/C15H19NS2/c1-12-3-6-14(7-4-12)17-10-9-16-11-15-8-5-13(2)18-15/h3-8,16H,9-11H2,1-2H3. The minimum atomic E-state index is 0.993. The third-order valence-electron chi connectivity index (χ3n) is 2.66. The lowest BCUT2D eigenvalue weighted by molar-refractivity contribution is 0.741. The van der Waals surface area contributed by atoms with Gasteiger partial charge in [-0.2, -0.15) is 0 Å². The molecule has 1 aromatic carbocycles. The molecule has 1 N–H and O–H groups in total. The van der Waals surface area contributed by atoms with Gasteiger partial charge in [0.25, 0.3) is 0 Å². The van der Waals surface area contributed by atoms with Gasteiger partial charge in [-0.25, -0.2) is 0 Å². The average molecular weight is 277 g/mol. The summed E-state index contributed by atoms with van der Waals surface area (Å²) < 4.78 is 0. The molecular formula is C15H19NS2. The first-order chi connectivity index (χ1) is 8.74. The minimum absolute atomic E-state index is 0.993. The molecule has 2 rings (SSSR count). The maximum atomic E-state index is 3.49. The molecule has 0 saturated carbocycles. The summed E-state index contributed by atoms with van der Waals surface area (Å²) in [7, 11) is 0. The number of thioether (sulfide) groups is 1. The van der Waals surface area contributed by atoms with Crippen LogP contribution in [0.15, 0.2) is 41.3 Å². The van der Waals surface area contributed by atoms with E-state index in [0.717, 1.165) is 18.8 Å². The van der Waals surface area contributed by atoms with Crippen LogP contribution in [0.1, 0.15) is 15.3 Å². The fourth-order valence-electron chi connectivity index (χ4n) is 1.67. The molecule has 0 amide bonds. The molecule has 0 aliphatic carbocycles. The highest BCUT2D eigenvalue weighted by Crippen LogP contribution is 2.18. The topological polar surface area (TPSA) is 12.0 Å². The van der Waals surface area contributed by atoms with Gasteiger partial charge < -0.3 is 5.32 Å². The highest BCUT2D eigenvalue weighted by atomic mass is 32.2. The molecule has 0 fully saturated rings. The molecule has 0 saturated heterocycles. The van der Waals surface area contributed by atoms with Crippen molar-refractivity contribution >= 4 is 23.1 Å². The number of thiophene rings is 1. The predicted molar refractivity (Wildman–Crippen MR) is 82.7 cm³/mol. The highest BCUT2D eigenvalue weighted by molar-refractivity contribution is 7.99. The Morgan fingerprint density at radius 2 is 1.83 bits per heavy atom. The van der Waals surface area contributed by atoms with Crippen LogP contribution in [-0.4, -0.2) is 12.3 Å². The quantitative estimate of drug-likeness (QED) is 0.626. The zero-order valence-corrected chi connectivity index (χ0v) is 12.5. The van der Waals surface area contributed by atoms with Gasteiger partial charge in [-0.15, -0.1) is 23.1 Å². The highest BCUT2D eigenvalue weighted by Gasteiger charge is 1.97. The van der Waals surface area contributed by atoms with Crippen LogP contribution in [0.2, 0.25) is 0 Å². The first-order valence-electron chi connectivity index (χ1n) is 6.19. The van der Waals surface area contributed by atoms with Crippen molar-refractivity contribution in [3.63, 3.8) is 0 Å². The van der Waals surface area contributed by atoms with Crippen LogP contribution in [0.3, 0.4) is 0 Å². The largest absolute Gasteiger partial charge is 0.311 e. The Morgan fingerprint density at radius 3 is 2.50 bits per heavy atom. The molecule has 0 unspecified atom stereocenters. The number of hydrogen-bond donors (Lipinski definition) is 1. The molecule has 0 bridgehead atoms. The van der Waals surface area contributed by atoms with Crippen LogP contribution in [0.4, 0.5) is 0 Å². The van der Waals surface area contributed by atoms with Crippen LogP contribution in [0.5, 0.6) is 0 Å². The lowest BCUT2D eigenvalue weighted by Gasteiger charge is -2.04. The Kier molecular flexibility index (Phi) is 5.29. The van der Waals surface area contributed by atoms with E-state index in [9.17, 15) is 0 Å². The summed E-state index contributed by atoms with van der Waals surface area (Å²) >= 11 is 3.78. The van der Waals surface area contributed by atoms with Gasteiger partial charge >= 0.3 is 0 Å². The molecule has 0 radical (unpaired) electrons. The van der Waals surface area contributed by atoms with Gasteiger partial charge in [0.05, 0.1) is 0 Å². The number of aryl methyl sites for hydroxylation is 2. The van der Waals surface area contributed by atoms with Gasteiger partial charge in [0.15, 0.2) is 0 Å². The summed E-state index contributed by atoms with van der Waals surface area (Å²) in [6.07, 6.45) is 0. The second kappa shape index (κ2) is 6.98. The molecule has 1 heterocycles. The molecule has 2 aromatic rings. The van der Waals surface area contributed by atoms with E-state index in [4.69, 9.17) is 0 Å². The maximum Gasteiger partial charge on any atom is 0.0300 e. The summed E-state index contributed by atoms with van der Waals surface area (Å²) in [5.74, 6) is 1.12. The zero-order chi connectivity index (χ0) is 12.8. The Morgan fingerprint density at radius 1 is 1.06 bits per heavy atom. The summed E-state index contributed by atoms with van der Waals surface area (Å²) in [5, 5.41) is 3.49. The third kappa shape index (κ3) is 4.48. The third-order valence-corrected chi connectivity index (χ3v) is 4.68. The molecule has 0 atom stereocenters. The molecule has 0 aliphatic rings. The Labute approximate surface area is 118 Å². The smallest absolute Gasteiger partial charge is 0.0300 e. The van der Waals surface area contributed by atoms with Gasteiger partial charge in [0, 0.05) is 33.5 Å². The van der Waals surface area contributed by atoms with Crippen molar-refractivity contribution in [2.75, 3.05) is 12.3 Å². The number of rotatable bonds is 6. The molecule has 96 valence electrons. The zero-order valence-electron chi connectivity index (χ0n) is 10.9. The van der Waals surface area contributed by atoms with Crippen molar-refractivity contribution in [1.29, 1.82) is 0 Å². The van der Waals surface area contributed by atoms with E-state index in [1.54, 1.807) is 0 Å². The van der Waals surface area contributed by atoms with Gasteiger partial charge in [-0.3, -0.25) is 0 Å². The van der Waals surface area contributed by atoms with Crippen LogP contribution < -0.4 is 5.32 Å². The van der Waals surface area contributed by atoms with Gasteiger partial charge in [-0.1, -0.05) is 17.7 Å². The average Bonchev–Trinajstić information content (AvgIpc) is 2.77. The van der Waals surface area contributed by atoms with Crippen molar-refractivity contribution in [2.45, 2.75) is 25.3 Å². The molecule has 1 aromatic heterocycles. The van der Waals surface area contributed by atoms with E-state index < -0.39 is 0 Å². The SMILES string of the molecule is Cc1ccc(SCCNCc2ccc(C)s2)cc1. The number of nitrogens with one attached hydrogen (secondary N) is 1. The Hall–Kier alpha value is -0.770. The van der Waals surface area contributed by atoms with E-state index in [1.165, 1.54) is 20.2 Å². The second-order valence-electron chi connectivity index (χ2n) is 4.35. The number of benzene rings is 1. The summed E-state index contributed by atoms with van der Waals surface area (Å²) in [5.41, 5.74) is 1.32. The number of hydrogen-bond acceptors (Lipinski definition) is 3. The van der Waals surface area contributed by atoms with Crippen LogP contribution in [-0.2, 0) is 6.54 Å². The van der Waals surface area contributed by atoms with Crippen LogP contribution in [0, 0.1) is 13.8 Å². The van der Waals surface area contributed by atoms with Crippen molar-refractivity contribution in [3.05, 3.63) is 51.7 Å². The van der Waals surface area contributed by atoms with Crippen molar-refractivity contribution < 1.29 is 0 Å². The van der Waals surface area contributed by atoms with E-state index in [2.05, 4.69) is 55.6 Å². The Balaban J connectivity index is 1.63. The van der Waals surface area contributed by atoms with Crippen molar-refractivity contribution in [1.82, 2.24) is 5.32 Å². The fourth-order valence-corrected chi connectivity index (χ4v) is 3.34. The molecule has 3 heteroatoms. The normalized spacial score (nSPS) is 10.8. The molecule has 1 nitrogen and oxygen atoms in total. The summed E-state index contributed by atoms with van der Waals surface area (Å²) in [6, 6.07) is 13.1. The maximum absolute atomic E-state index is 3.49. The molecule has 18 heavy (non-hydrogen) atoms.